The number of esters is 1. The summed E-state index contributed by atoms with van der Waals surface area (Å²) >= 11 is 0. The molecule has 0 amide bonds. The Balaban J connectivity index is 2.80. The zero-order valence-electron chi connectivity index (χ0n) is 13.0. The Hall–Kier alpha value is -0.610. The van der Waals surface area contributed by atoms with Gasteiger partial charge < -0.3 is 15.0 Å². The quantitative estimate of drug-likeness (QED) is 0.617. The summed E-state index contributed by atoms with van der Waals surface area (Å²) in [5, 5.41) is 3.50. The topological polar surface area (TPSA) is 41.6 Å². The lowest BCUT2D eigenvalue weighted by molar-refractivity contribution is -0.153. The highest BCUT2D eigenvalue weighted by Gasteiger charge is 2.52. The van der Waals surface area contributed by atoms with Crippen molar-refractivity contribution in [3.63, 3.8) is 0 Å². The minimum atomic E-state index is -0.490. The summed E-state index contributed by atoms with van der Waals surface area (Å²) in [6.07, 6.45) is 4.41. The highest BCUT2D eigenvalue weighted by molar-refractivity contribution is 5.82. The van der Waals surface area contributed by atoms with Gasteiger partial charge in [0, 0.05) is 6.54 Å². The van der Waals surface area contributed by atoms with Crippen LogP contribution < -0.4 is 5.32 Å². The molecule has 1 atom stereocenters. The number of nitrogens with one attached hydrogen (secondary N) is 1. The SMILES string of the molecule is CCCNC(CN(C)CCC)(C(=O)OCC)C1CC1. The number of carbonyl (C=O) groups excluding carboxylic acids is 1. The minimum absolute atomic E-state index is 0.0612. The Morgan fingerprint density at radius 1 is 1.32 bits per heavy atom. The molecule has 0 bridgehead atoms. The van der Waals surface area contributed by atoms with Crippen LogP contribution in [0.15, 0.2) is 0 Å². The number of hydrogen-bond donors (Lipinski definition) is 1. The summed E-state index contributed by atoms with van der Waals surface area (Å²) in [6.45, 7) is 9.27. The predicted molar refractivity (Wildman–Crippen MR) is 78.2 cm³/mol. The normalized spacial score (nSPS) is 18.4. The molecule has 0 saturated heterocycles. The summed E-state index contributed by atoms with van der Waals surface area (Å²) in [5.41, 5.74) is -0.490. The van der Waals surface area contributed by atoms with Crippen molar-refractivity contribution in [1.82, 2.24) is 10.2 Å². The smallest absolute Gasteiger partial charge is 0.327 e. The Morgan fingerprint density at radius 2 is 2.00 bits per heavy atom. The zero-order valence-corrected chi connectivity index (χ0v) is 13.0. The fourth-order valence-electron chi connectivity index (χ4n) is 2.70. The van der Waals surface area contributed by atoms with E-state index >= 15 is 0 Å². The summed E-state index contributed by atoms with van der Waals surface area (Å²) in [5.74, 6) is 0.381. The molecular formula is C15H30N2O2. The summed E-state index contributed by atoms with van der Waals surface area (Å²) in [6, 6.07) is 0. The van der Waals surface area contributed by atoms with E-state index in [1.54, 1.807) is 0 Å². The second-order valence-electron chi connectivity index (χ2n) is 5.63. The van der Waals surface area contributed by atoms with Crippen LogP contribution in [0.4, 0.5) is 0 Å². The Labute approximate surface area is 117 Å². The lowest BCUT2D eigenvalue weighted by Gasteiger charge is -2.36. The van der Waals surface area contributed by atoms with Crippen molar-refractivity contribution in [3.8, 4) is 0 Å². The predicted octanol–water partition coefficient (Wildman–Crippen LogP) is 2.04. The first-order valence-electron chi connectivity index (χ1n) is 7.71. The number of likely N-dealkylation sites (N-methyl/N-ethyl adjacent to an activating group) is 1. The minimum Gasteiger partial charge on any atom is -0.465 e. The van der Waals surface area contributed by atoms with E-state index in [9.17, 15) is 4.79 Å². The van der Waals surface area contributed by atoms with Crippen molar-refractivity contribution in [2.45, 2.75) is 52.0 Å². The molecule has 1 N–H and O–H groups in total. The van der Waals surface area contributed by atoms with Gasteiger partial charge in [0.05, 0.1) is 6.61 Å². The van der Waals surface area contributed by atoms with Gasteiger partial charge in [0.2, 0.25) is 0 Å². The molecule has 0 spiro atoms. The van der Waals surface area contributed by atoms with Gasteiger partial charge in [-0.05, 0) is 58.7 Å². The average Bonchev–Trinajstić information content (AvgIpc) is 3.19. The van der Waals surface area contributed by atoms with Crippen LogP contribution in [0.2, 0.25) is 0 Å². The second-order valence-corrected chi connectivity index (χ2v) is 5.63. The molecule has 1 rings (SSSR count). The van der Waals surface area contributed by atoms with E-state index in [0.717, 1.165) is 45.3 Å². The largest absolute Gasteiger partial charge is 0.465 e. The maximum absolute atomic E-state index is 12.5. The van der Waals surface area contributed by atoms with Gasteiger partial charge in [-0.25, -0.2) is 4.79 Å². The van der Waals surface area contributed by atoms with E-state index in [4.69, 9.17) is 4.74 Å². The van der Waals surface area contributed by atoms with Gasteiger partial charge in [-0.2, -0.15) is 0 Å². The first-order chi connectivity index (χ1) is 9.10. The summed E-state index contributed by atoms with van der Waals surface area (Å²) in [7, 11) is 2.09. The molecule has 0 radical (unpaired) electrons. The van der Waals surface area contributed by atoms with Gasteiger partial charge in [-0.3, -0.25) is 0 Å². The molecule has 0 heterocycles. The van der Waals surface area contributed by atoms with Crippen molar-refractivity contribution in [2.75, 3.05) is 33.3 Å². The number of carbonyl (C=O) groups is 1. The van der Waals surface area contributed by atoms with E-state index < -0.39 is 5.54 Å². The van der Waals surface area contributed by atoms with E-state index in [-0.39, 0.29) is 5.97 Å². The van der Waals surface area contributed by atoms with Crippen LogP contribution in [-0.2, 0) is 9.53 Å². The number of hydrogen-bond acceptors (Lipinski definition) is 4. The van der Waals surface area contributed by atoms with E-state index in [1.165, 1.54) is 0 Å². The van der Waals surface area contributed by atoms with Crippen molar-refractivity contribution in [1.29, 1.82) is 0 Å². The van der Waals surface area contributed by atoms with Crippen LogP contribution in [0.5, 0.6) is 0 Å². The van der Waals surface area contributed by atoms with Gasteiger partial charge in [0.1, 0.15) is 5.54 Å². The lowest BCUT2D eigenvalue weighted by Crippen LogP contribution is -2.61. The molecule has 1 saturated carbocycles. The summed E-state index contributed by atoms with van der Waals surface area (Å²) in [4.78, 5) is 14.7. The van der Waals surface area contributed by atoms with Crippen LogP contribution in [0.1, 0.15) is 46.5 Å². The molecule has 1 aliphatic carbocycles. The standard InChI is InChI=1S/C15H30N2O2/c1-5-10-16-15(13-8-9-13,14(18)19-7-3)12-17(4)11-6-2/h13,16H,5-12H2,1-4H3. The fraction of sp³-hybridized carbons (Fsp3) is 0.933. The monoisotopic (exact) mass is 270 g/mol. The van der Waals surface area contributed by atoms with Crippen LogP contribution in [0.25, 0.3) is 0 Å². The highest BCUT2D eigenvalue weighted by Crippen LogP contribution is 2.41. The number of rotatable bonds is 10. The van der Waals surface area contributed by atoms with Gasteiger partial charge in [0.15, 0.2) is 0 Å². The third-order valence-corrected chi connectivity index (χ3v) is 3.73. The number of nitrogens with zero attached hydrogens (tertiary/aromatic N) is 1. The van der Waals surface area contributed by atoms with Crippen molar-refractivity contribution in [3.05, 3.63) is 0 Å². The number of ether oxygens (including phenoxy) is 1. The Morgan fingerprint density at radius 3 is 2.47 bits per heavy atom. The molecule has 0 aromatic rings. The second kappa shape index (κ2) is 7.85. The van der Waals surface area contributed by atoms with Gasteiger partial charge in [-0.15, -0.1) is 0 Å². The lowest BCUT2D eigenvalue weighted by atomic mass is 9.92. The molecule has 4 nitrogen and oxygen atoms in total. The maximum Gasteiger partial charge on any atom is 0.327 e. The van der Waals surface area contributed by atoms with Gasteiger partial charge in [-0.1, -0.05) is 13.8 Å². The molecule has 1 fully saturated rings. The third-order valence-electron chi connectivity index (χ3n) is 3.73. The third kappa shape index (κ3) is 4.46. The van der Waals surface area contributed by atoms with E-state index in [1.807, 2.05) is 6.92 Å². The van der Waals surface area contributed by atoms with Crippen LogP contribution in [0.3, 0.4) is 0 Å². The molecule has 1 aliphatic rings. The van der Waals surface area contributed by atoms with Gasteiger partial charge in [0.25, 0.3) is 0 Å². The van der Waals surface area contributed by atoms with Crippen molar-refractivity contribution >= 4 is 5.97 Å². The van der Waals surface area contributed by atoms with Gasteiger partial charge >= 0.3 is 5.97 Å². The highest BCUT2D eigenvalue weighted by atomic mass is 16.5. The van der Waals surface area contributed by atoms with Crippen molar-refractivity contribution < 1.29 is 9.53 Å². The molecule has 0 aliphatic heterocycles. The molecule has 0 aromatic heterocycles. The molecule has 112 valence electrons. The maximum atomic E-state index is 12.5. The summed E-state index contributed by atoms with van der Waals surface area (Å²) < 4.78 is 5.36. The molecule has 1 unspecified atom stereocenters. The van der Waals surface area contributed by atoms with Crippen LogP contribution in [-0.4, -0.2) is 49.7 Å². The van der Waals surface area contributed by atoms with Crippen molar-refractivity contribution in [2.24, 2.45) is 5.92 Å². The average molecular weight is 270 g/mol. The first kappa shape index (κ1) is 16.4. The first-order valence-corrected chi connectivity index (χ1v) is 7.71. The van der Waals surface area contributed by atoms with E-state index in [2.05, 4.69) is 31.1 Å². The van der Waals surface area contributed by atoms with Crippen LogP contribution in [0, 0.1) is 5.92 Å². The molecule has 4 heteroatoms. The molecule has 19 heavy (non-hydrogen) atoms. The Bertz CT molecular complexity index is 279. The Kier molecular flexibility index (Phi) is 6.80. The molecule has 0 aromatic carbocycles. The zero-order chi connectivity index (χ0) is 14.3. The fourth-order valence-corrected chi connectivity index (χ4v) is 2.70. The van der Waals surface area contributed by atoms with Crippen LogP contribution >= 0.6 is 0 Å². The molecular weight excluding hydrogens is 240 g/mol. The van der Waals surface area contributed by atoms with E-state index in [0.29, 0.717) is 12.5 Å².